The molecule has 0 atom stereocenters. The Morgan fingerprint density at radius 2 is 1.00 bits per heavy atom. The number of amides is 1. The van der Waals surface area contributed by atoms with E-state index in [0.29, 0.717) is 44.9 Å². The zero-order valence-corrected chi connectivity index (χ0v) is 50.3. The molecule has 0 fully saturated rings. The number of nitrogens with zero attached hydrogens (tertiary/aromatic N) is 8. The maximum absolute atomic E-state index is 12.2. The molecule has 0 saturated carbocycles. The third-order valence-corrected chi connectivity index (χ3v) is 10.4. The van der Waals surface area contributed by atoms with Crippen LogP contribution in [0.2, 0.25) is 5.15 Å². The third kappa shape index (κ3) is 23.1. The van der Waals surface area contributed by atoms with Crippen molar-refractivity contribution in [3.05, 3.63) is 123 Å². The van der Waals surface area contributed by atoms with Gasteiger partial charge in [-0.05, 0) is 154 Å². The number of hydrogen-bond acceptors (Lipinski definition) is 12. The molecule has 6 rings (SSSR count). The van der Waals surface area contributed by atoms with Gasteiger partial charge in [0.1, 0.15) is 39.8 Å². The van der Waals surface area contributed by atoms with E-state index >= 15 is 0 Å². The number of aromatic nitrogens is 2. The molecule has 76 heavy (non-hydrogen) atoms. The first-order valence-electron chi connectivity index (χ1n) is 22.6. The summed E-state index contributed by atoms with van der Waals surface area (Å²) in [5.74, 6) is 4.58. The van der Waals surface area contributed by atoms with Gasteiger partial charge in [0.05, 0.1) is 34.0 Å². The number of aromatic carboxylic acids is 1. The van der Waals surface area contributed by atoms with Crippen molar-refractivity contribution in [2.75, 3.05) is 123 Å². The highest BCUT2D eigenvalue weighted by atomic mass is 36.0. The molecular weight excluding hydrogens is 1080 g/mol. The first kappa shape index (κ1) is 67.4. The van der Waals surface area contributed by atoms with Crippen molar-refractivity contribution in [1.29, 1.82) is 5.41 Å². The second-order valence-electron chi connectivity index (χ2n) is 17.3. The number of aryl methyl sites for hydroxylation is 2. The average Bonchev–Trinajstić information content (AvgIpc) is 3.34. The molecule has 19 nitrogen and oxygen atoms in total. The smallest absolute Gasteiger partial charge is 0.339 e. The van der Waals surface area contributed by atoms with E-state index in [1.165, 1.54) is 6.07 Å². The molecule has 2 aromatic heterocycles. The zero-order chi connectivity index (χ0) is 58.4. The summed E-state index contributed by atoms with van der Waals surface area (Å²) in [6.45, 7) is 3.61. The molecule has 0 bridgehead atoms. The molecule has 416 valence electrons. The molecule has 0 spiro atoms. The monoisotopic (exact) mass is 1150 g/mol. The van der Waals surface area contributed by atoms with Gasteiger partial charge < -0.3 is 58.4 Å². The highest BCUT2D eigenvalue weighted by Crippen LogP contribution is 2.61. The summed E-state index contributed by atoms with van der Waals surface area (Å²) in [5, 5.41) is 16.8. The summed E-state index contributed by atoms with van der Waals surface area (Å²) in [5.41, 5.74) is 2.38. The van der Waals surface area contributed by atoms with E-state index in [4.69, 9.17) is 41.1 Å². The number of aliphatic imine (C=N–C) groups is 1. The van der Waals surface area contributed by atoms with Crippen molar-refractivity contribution in [2.45, 2.75) is 13.8 Å². The topological polar surface area (TPSA) is 210 Å². The Balaban J connectivity index is 0.000000474. The lowest BCUT2D eigenvalue weighted by molar-refractivity contribution is 0.0695. The molecule has 0 radical (unpaired) electrons. The minimum absolute atomic E-state index is 0.0798. The highest BCUT2D eigenvalue weighted by molar-refractivity contribution is 8.24. The summed E-state index contributed by atoms with van der Waals surface area (Å²) in [6, 6.07) is 25.3. The molecule has 4 aromatic carbocycles. The Morgan fingerprint density at radius 3 is 1.36 bits per heavy atom. The van der Waals surface area contributed by atoms with Crippen molar-refractivity contribution in [3.63, 3.8) is 0 Å². The van der Waals surface area contributed by atoms with Crippen LogP contribution in [-0.2, 0) is 4.57 Å². The number of halogens is 4. The lowest BCUT2D eigenvalue weighted by atomic mass is 10.1. The number of ether oxygens (including phenoxy) is 4. The van der Waals surface area contributed by atoms with Crippen molar-refractivity contribution in [3.8, 4) is 23.0 Å². The Labute approximate surface area is 465 Å². The summed E-state index contributed by atoms with van der Waals surface area (Å²) < 4.78 is 29.9. The molecule has 0 aliphatic carbocycles. The number of fused-ring (bicyclic) bond motifs is 2. The fourth-order valence-electron chi connectivity index (χ4n) is 6.30. The number of aromatic amines is 1. The van der Waals surface area contributed by atoms with Gasteiger partial charge in [0.15, 0.2) is 5.96 Å². The minimum Gasteiger partial charge on any atom is -0.497 e. The third-order valence-electron chi connectivity index (χ3n) is 10.1. The minimum atomic E-state index is -3.22. The number of rotatable bonds is 8. The summed E-state index contributed by atoms with van der Waals surface area (Å²) in [7, 11) is 28.9. The van der Waals surface area contributed by atoms with E-state index in [1.807, 2.05) is 144 Å². The number of carbonyl (C=O) groups excluding carboxylic acids is 1. The average molecular weight is 1150 g/mol. The van der Waals surface area contributed by atoms with Crippen LogP contribution in [0.25, 0.3) is 21.5 Å². The normalized spacial score (nSPS) is 10.0. The van der Waals surface area contributed by atoms with Crippen LogP contribution < -0.4 is 34.3 Å². The summed E-state index contributed by atoms with van der Waals surface area (Å²) in [4.78, 5) is 56.7. The number of carbonyl (C=O) groups is 2. The second kappa shape index (κ2) is 32.1. The van der Waals surface area contributed by atoms with E-state index in [2.05, 4.69) is 48.7 Å². The van der Waals surface area contributed by atoms with Crippen LogP contribution in [0, 0.1) is 19.3 Å². The maximum Gasteiger partial charge on any atom is 0.339 e. The number of pyridine rings is 2. The van der Waals surface area contributed by atoms with Crippen LogP contribution in [0.1, 0.15) is 31.8 Å². The van der Waals surface area contributed by atoms with Crippen LogP contribution in [0.3, 0.4) is 0 Å². The van der Waals surface area contributed by atoms with Crippen LogP contribution >= 0.6 is 50.5 Å². The van der Waals surface area contributed by atoms with Crippen LogP contribution in [0.5, 0.6) is 23.0 Å². The number of guanidine groups is 2. The largest absolute Gasteiger partial charge is 0.497 e. The van der Waals surface area contributed by atoms with Gasteiger partial charge in [-0.3, -0.25) is 19.6 Å². The molecule has 0 saturated heterocycles. The van der Waals surface area contributed by atoms with Gasteiger partial charge in [-0.2, -0.15) is 4.99 Å². The van der Waals surface area contributed by atoms with Gasteiger partial charge in [0.25, 0.3) is 11.5 Å². The van der Waals surface area contributed by atoms with Crippen LogP contribution in [0.4, 0.5) is 11.6 Å². The number of nitrogens with one attached hydrogen (secondary N) is 2. The van der Waals surface area contributed by atoms with Gasteiger partial charge in [-0.25, -0.2) is 9.78 Å². The van der Waals surface area contributed by atoms with Gasteiger partial charge in [0, 0.05) is 101 Å². The Morgan fingerprint density at radius 1 is 0.605 bits per heavy atom. The van der Waals surface area contributed by atoms with Crippen molar-refractivity contribution >= 4 is 107 Å². The van der Waals surface area contributed by atoms with Gasteiger partial charge in [0.2, 0.25) is 5.96 Å². The summed E-state index contributed by atoms with van der Waals surface area (Å²) >= 11 is 20.0. The number of hydrogen-bond donors (Lipinski definition) is 3. The van der Waals surface area contributed by atoms with E-state index in [1.54, 1.807) is 91.4 Å². The van der Waals surface area contributed by atoms with Gasteiger partial charge >= 0.3 is 11.2 Å². The van der Waals surface area contributed by atoms with Gasteiger partial charge in [-0.1, -0.05) is 11.6 Å². The molecule has 24 heteroatoms. The fraction of sp³-hybridized carbons (Fsp3) is 0.346. The number of H-pyrrole nitrogens is 1. The maximum atomic E-state index is 12.2. The second-order valence-corrected chi connectivity index (χ2v) is 24.3. The van der Waals surface area contributed by atoms with Crippen molar-refractivity contribution in [1.82, 2.24) is 29.6 Å². The lowest BCUT2D eigenvalue weighted by Gasteiger charge is -2.22. The Hall–Kier alpha value is -6.63. The number of carboxylic acids is 1. The predicted octanol–water partition coefficient (Wildman–Crippen LogP) is 10.7. The highest BCUT2D eigenvalue weighted by Gasteiger charge is 2.14. The standard InChI is InChI=1S/C14H21N3O2.C12H13ClN2O.C12H14N2O2.C9H10O3.C5H13N3.Cl3OP/c1-10-9-11(19-6)7-8-12(10)13(18)15-14(16(2)3)17(4)5;1-15(2)11-7-8-6-9(16-3)4-5-10(8)12(13)14-11;1-14(2)11-7-8-6-9(16-3)4-5-10(8)12(15)13-11;1-6-5-7(12-2)3-4-8(6)9(10)11;1-7(2)5(6)8(3)4;1-5(2,3)4/h7-9H,1-6H3;4-7H,1-3H3;4-7H,1-3H3,(H,13,15);3-5H,1-2H3,(H,10,11);6H,1-4H3;. The molecular formula is C52H71Cl4N10O9P. The number of carboxylic acid groups (broad SMARTS) is 1. The van der Waals surface area contributed by atoms with Crippen molar-refractivity contribution < 1.29 is 38.2 Å². The molecule has 2 heterocycles. The number of methoxy groups -OCH3 is 4. The Kier molecular flexibility index (Phi) is 28.4. The molecule has 3 N–H and O–H groups in total. The van der Waals surface area contributed by atoms with Crippen LogP contribution in [0.15, 0.2) is 94.7 Å². The predicted molar refractivity (Wildman–Crippen MR) is 315 cm³/mol. The molecule has 0 aliphatic rings. The van der Waals surface area contributed by atoms with E-state index in [9.17, 15) is 18.9 Å². The SMILES string of the molecule is CN(C)C(=N)N(C)C.COc1ccc(C(=O)N=C(N(C)C)N(C)C)c(C)c1.COc1ccc(C(=O)O)c(C)c1.COc1ccc2c(=O)[nH]c(N(C)C)cc2c1.COc1ccc2c(Cl)nc(N(C)C)cc2c1.O=P(Cl)(Cl)Cl. The van der Waals surface area contributed by atoms with E-state index in [-0.39, 0.29) is 11.5 Å². The Bertz CT molecular complexity index is 2990. The quantitative estimate of drug-likeness (QED) is 0.0560. The van der Waals surface area contributed by atoms with Gasteiger partial charge in [-0.15, -0.1) is 0 Å². The number of anilines is 2. The first-order valence-corrected chi connectivity index (χ1v) is 27.4. The zero-order valence-electron chi connectivity index (χ0n) is 46.3. The molecule has 1 amide bonds. The van der Waals surface area contributed by atoms with Crippen LogP contribution in [-0.4, -0.2) is 171 Å². The van der Waals surface area contributed by atoms with Crippen molar-refractivity contribution in [2.24, 2.45) is 4.99 Å². The van der Waals surface area contributed by atoms with E-state index < -0.39 is 11.2 Å². The summed E-state index contributed by atoms with van der Waals surface area (Å²) in [6.07, 6.45) is 0. The molecule has 6 aromatic rings. The molecule has 0 aliphatic heterocycles. The fourth-order valence-corrected chi connectivity index (χ4v) is 6.55. The first-order chi connectivity index (χ1) is 35.3. The number of benzene rings is 4. The van der Waals surface area contributed by atoms with E-state index in [0.717, 1.165) is 50.6 Å². The lowest BCUT2D eigenvalue weighted by Crippen LogP contribution is -2.36. The molecule has 0 unspecified atom stereocenters.